The smallest absolute Gasteiger partial charge is 0.172 e. The summed E-state index contributed by atoms with van der Waals surface area (Å²) in [6, 6.07) is 4.84. The van der Waals surface area contributed by atoms with Crippen LogP contribution in [0.5, 0.6) is 11.5 Å². The van der Waals surface area contributed by atoms with Gasteiger partial charge in [0, 0.05) is 0 Å². The van der Waals surface area contributed by atoms with Crippen molar-refractivity contribution in [2.24, 2.45) is 0 Å². The molecule has 0 aromatic heterocycles. The van der Waals surface area contributed by atoms with Gasteiger partial charge in [0.1, 0.15) is 5.60 Å². The lowest BCUT2D eigenvalue weighted by Crippen LogP contribution is -2.35. The SMILES string of the molecule is CC1(C)CC(=O)c2cccc(O)c2O1. The lowest BCUT2D eigenvalue weighted by atomic mass is 9.93. The van der Waals surface area contributed by atoms with Crippen molar-refractivity contribution < 1.29 is 14.6 Å². The molecule has 3 heteroatoms. The zero-order chi connectivity index (χ0) is 10.3. The minimum Gasteiger partial charge on any atom is -0.504 e. The van der Waals surface area contributed by atoms with Crippen molar-refractivity contribution in [3.8, 4) is 11.5 Å². The molecule has 0 saturated heterocycles. The van der Waals surface area contributed by atoms with Gasteiger partial charge in [0.15, 0.2) is 17.3 Å². The van der Waals surface area contributed by atoms with Crippen LogP contribution < -0.4 is 4.74 Å². The molecular weight excluding hydrogens is 180 g/mol. The Kier molecular flexibility index (Phi) is 1.77. The molecule has 0 atom stereocenters. The molecule has 0 unspecified atom stereocenters. The largest absolute Gasteiger partial charge is 0.504 e. The first-order chi connectivity index (χ1) is 6.49. The zero-order valence-electron chi connectivity index (χ0n) is 8.20. The maximum absolute atomic E-state index is 11.7. The van der Waals surface area contributed by atoms with E-state index in [-0.39, 0.29) is 11.5 Å². The van der Waals surface area contributed by atoms with Crippen LogP contribution in [-0.4, -0.2) is 16.5 Å². The summed E-state index contributed by atoms with van der Waals surface area (Å²) < 4.78 is 5.55. The number of phenols is 1. The number of ketones is 1. The van der Waals surface area contributed by atoms with Crippen molar-refractivity contribution in [1.29, 1.82) is 0 Å². The van der Waals surface area contributed by atoms with E-state index in [0.29, 0.717) is 17.7 Å². The van der Waals surface area contributed by atoms with Gasteiger partial charge in [-0.3, -0.25) is 4.79 Å². The number of phenolic OH excluding ortho intramolecular Hbond substituents is 1. The fourth-order valence-corrected chi connectivity index (χ4v) is 1.65. The van der Waals surface area contributed by atoms with E-state index in [1.165, 1.54) is 6.07 Å². The molecule has 0 fully saturated rings. The molecule has 1 aromatic carbocycles. The van der Waals surface area contributed by atoms with Crippen LogP contribution in [0.3, 0.4) is 0 Å². The number of hydrogen-bond donors (Lipinski definition) is 1. The monoisotopic (exact) mass is 192 g/mol. The van der Waals surface area contributed by atoms with Crippen molar-refractivity contribution in [2.45, 2.75) is 25.9 Å². The van der Waals surface area contributed by atoms with Gasteiger partial charge in [-0.1, -0.05) is 6.07 Å². The number of Topliss-reactive ketones (excluding diaryl/α,β-unsaturated/α-hetero) is 1. The quantitative estimate of drug-likeness (QED) is 0.685. The van der Waals surface area contributed by atoms with Gasteiger partial charge in [-0.25, -0.2) is 0 Å². The first kappa shape index (κ1) is 9.06. The second-order valence-electron chi connectivity index (χ2n) is 4.12. The third-order valence-electron chi connectivity index (χ3n) is 2.26. The molecule has 0 spiro atoms. The zero-order valence-corrected chi connectivity index (χ0v) is 8.20. The summed E-state index contributed by atoms with van der Waals surface area (Å²) >= 11 is 0. The standard InChI is InChI=1S/C11H12O3/c1-11(2)6-9(13)7-4-3-5-8(12)10(7)14-11/h3-5,12H,6H2,1-2H3. The first-order valence-electron chi connectivity index (χ1n) is 4.54. The molecule has 0 saturated carbocycles. The Bertz CT molecular complexity index is 394. The summed E-state index contributed by atoms with van der Waals surface area (Å²) in [5.41, 5.74) is -0.0487. The van der Waals surface area contributed by atoms with Crippen LogP contribution >= 0.6 is 0 Å². The molecule has 74 valence electrons. The molecule has 1 heterocycles. The molecule has 0 aliphatic carbocycles. The van der Waals surface area contributed by atoms with Crippen molar-refractivity contribution in [3.05, 3.63) is 23.8 Å². The van der Waals surface area contributed by atoms with Crippen molar-refractivity contribution in [1.82, 2.24) is 0 Å². The summed E-state index contributed by atoms with van der Waals surface area (Å²) in [4.78, 5) is 11.7. The molecule has 1 aromatic rings. The van der Waals surface area contributed by atoms with E-state index in [1.807, 2.05) is 13.8 Å². The van der Waals surface area contributed by atoms with Gasteiger partial charge >= 0.3 is 0 Å². The van der Waals surface area contributed by atoms with E-state index in [1.54, 1.807) is 12.1 Å². The van der Waals surface area contributed by atoms with E-state index in [0.717, 1.165) is 0 Å². The molecule has 0 bridgehead atoms. The van der Waals surface area contributed by atoms with Gasteiger partial charge < -0.3 is 9.84 Å². The molecule has 1 N–H and O–H groups in total. The van der Waals surface area contributed by atoms with Gasteiger partial charge in [0.05, 0.1) is 12.0 Å². The normalized spacial score (nSPS) is 18.6. The van der Waals surface area contributed by atoms with E-state index < -0.39 is 5.60 Å². The summed E-state index contributed by atoms with van der Waals surface area (Å²) in [6.07, 6.45) is 0.351. The molecular formula is C11H12O3. The Labute approximate surface area is 82.3 Å². The average molecular weight is 192 g/mol. The summed E-state index contributed by atoms with van der Waals surface area (Å²) in [7, 11) is 0. The van der Waals surface area contributed by atoms with Crippen molar-refractivity contribution in [2.75, 3.05) is 0 Å². The van der Waals surface area contributed by atoms with Crippen molar-refractivity contribution >= 4 is 5.78 Å². The van der Waals surface area contributed by atoms with Crippen LogP contribution in [0, 0.1) is 0 Å². The third kappa shape index (κ3) is 1.35. The highest BCUT2D eigenvalue weighted by molar-refractivity contribution is 6.01. The fraction of sp³-hybridized carbons (Fsp3) is 0.364. The van der Waals surface area contributed by atoms with Crippen molar-refractivity contribution in [3.63, 3.8) is 0 Å². The molecule has 2 rings (SSSR count). The Morgan fingerprint density at radius 2 is 2.14 bits per heavy atom. The number of fused-ring (bicyclic) bond motifs is 1. The highest BCUT2D eigenvalue weighted by Crippen LogP contribution is 2.38. The minimum absolute atomic E-state index is 0.0205. The number of para-hydroxylation sites is 1. The maximum atomic E-state index is 11.7. The maximum Gasteiger partial charge on any atom is 0.172 e. The van der Waals surface area contributed by atoms with Crippen LogP contribution in [0.2, 0.25) is 0 Å². The van der Waals surface area contributed by atoms with E-state index in [9.17, 15) is 9.90 Å². The molecule has 1 aliphatic heterocycles. The van der Waals surface area contributed by atoms with Gasteiger partial charge in [0.25, 0.3) is 0 Å². The number of benzene rings is 1. The Morgan fingerprint density at radius 3 is 2.86 bits per heavy atom. The predicted molar refractivity (Wildman–Crippen MR) is 51.8 cm³/mol. The van der Waals surface area contributed by atoms with Gasteiger partial charge in [-0.05, 0) is 26.0 Å². The van der Waals surface area contributed by atoms with Gasteiger partial charge in [0.2, 0.25) is 0 Å². The summed E-state index contributed by atoms with van der Waals surface area (Å²) in [5, 5.41) is 9.53. The highest BCUT2D eigenvalue weighted by Gasteiger charge is 2.33. The number of rotatable bonds is 0. The van der Waals surface area contributed by atoms with Crippen LogP contribution in [0.1, 0.15) is 30.6 Å². The number of hydrogen-bond acceptors (Lipinski definition) is 3. The lowest BCUT2D eigenvalue weighted by Gasteiger charge is -2.31. The van der Waals surface area contributed by atoms with Gasteiger partial charge in [-0.2, -0.15) is 0 Å². The van der Waals surface area contributed by atoms with Crippen LogP contribution in [0.15, 0.2) is 18.2 Å². The van der Waals surface area contributed by atoms with Crippen LogP contribution in [-0.2, 0) is 0 Å². The fourth-order valence-electron chi connectivity index (χ4n) is 1.65. The van der Waals surface area contributed by atoms with E-state index >= 15 is 0 Å². The average Bonchev–Trinajstić information content (AvgIpc) is 2.05. The van der Waals surface area contributed by atoms with E-state index in [2.05, 4.69) is 0 Å². The molecule has 1 aliphatic rings. The number of ether oxygens (including phenoxy) is 1. The Balaban J connectivity index is 2.56. The predicted octanol–water partition coefficient (Wildman–Crippen LogP) is 2.14. The number of carbonyl (C=O) groups is 1. The third-order valence-corrected chi connectivity index (χ3v) is 2.26. The highest BCUT2D eigenvalue weighted by atomic mass is 16.5. The second-order valence-corrected chi connectivity index (χ2v) is 4.12. The lowest BCUT2D eigenvalue weighted by molar-refractivity contribution is 0.0601. The van der Waals surface area contributed by atoms with Crippen LogP contribution in [0.25, 0.3) is 0 Å². The second kappa shape index (κ2) is 2.74. The van der Waals surface area contributed by atoms with Gasteiger partial charge in [-0.15, -0.1) is 0 Å². The number of aromatic hydroxyl groups is 1. The minimum atomic E-state index is -0.525. The first-order valence-corrected chi connectivity index (χ1v) is 4.54. The summed E-state index contributed by atoms with van der Waals surface area (Å²) in [5.74, 6) is 0.365. The molecule has 14 heavy (non-hydrogen) atoms. The number of carbonyl (C=O) groups excluding carboxylic acids is 1. The molecule has 0 amide bonds. The molecule has 3 nitrogen and oxygen atoms in total. The van der Waals surface area contributed by atoms with Crippen LogP contribution in [0.4, 0.5) is 0 Å². The topological polar surface area (TPSA) is 46.5 Å². The molecule has 0 radical (unpaired) electrons. The van der Waals surface area contributed by atoms with E-state index in [4.69, 9.17) is 4.74 Å². The Morgan fingerprint density at radius 1 is 1.43 bits per heavy atom. The summed E-state index contributed by atoms with van der Waals surface area (Å²) in [6.45, 7) is 3.67. The Hall–Kier alpha value is -1.51.